The van der Waals surface area contributed by atoms with Crippen molar-refractivity contribution >= 4 is 29.9 Å². The summed E-state index contributed by atoms with van der Waals surface area (Å²) in [6.07, 6.45) is 0.771. The van der Waals surface area contributed by atoms with Gasteiger partial charge in [-0.1, -0.05) is 30.3 Å². The van der Waals surface area contributed by atoms with Gasteiger partial charge in [-0.2, -0.15) is 0 Å². The Balaban J connectivity index is 0.00000240. The summed E-state index contributed by atoms with van der Waals surface area (Å²) in [6, 6.07) is 16.0. The van der Waals surface area contributed by atoms with Gasteiger partial charge in [-0.05, 0) is 32.0 Å². The van der Waals surface area contributed by atoms with E-state index < -0.39 is 0 Å². The molecule has 156 valence electrons. The van der Waals surface area contributed by atoms with Crippen LogP contribution in [0.2, 0.25) is 0 Å². The van der Waals surface area contributed by atoms with Crippen LogP contribution in [0.3, 0.4) is 0 Å². The Labute approximate surface area is 189 Å². The van der Waals surface area contributed by atoms with Crippen LogP contribution >= 0.6 is 24.0 Å². The average Bonchev–Trinajstić information content (AvgIpc) is 2.70. The van der Waals surface area contributed by atoms with Gasteiger partial charge >= 0.3 is 0 Å². The molecule has 2 aromatic carbocycles. The molecule has 2 N–H and O–H groups in total. The van der Waals surface area contributed by atoms with Gasteiger partial charge in [-0.15, -0.1) is 24.0 Å². The highest BCUT2D eigenvalue weighted by molar-refractivity contribution is 14.0. The number of nitrogens with zero attached hydrogens (tertiary/aromatic N) is 1. The molecule has 2 aromatic rings. The monoisotopic (exact) mass is 509 g/mol. The van der Waals surface area contributed by atoms with Crippen molar-refractivity contribution in [2.24, 2.45) is 4.99 Å². The number of benzene rings is 2. The number of hydrogen-bond acceptors (Lipinski definition) is 4. The van der Waals surface area contributed by atoms with Crippen LogP contribution in [0.4, 0.5) is 0 Å². The molecule has 2 aliphatic heterocycles. The van der Waals surface area contributed by atoms with Crippen LogP contribution in [0.15, 0.2) is 53.5 Å². The zero-order valence-corrected chi connectivity index (χ0v) is 19.3. The maximum absolute atomic E-state index is 6.12. The summed E-state index contributed by atoms with van der Waals surface area (Å²) < 4.78 is 17.9. The second kappa shape index (κ2) is 9.11. The van der Waals surface area contributed by atoms with Crippen molar-refractivity contribution in [3.8, 4) is 17.2 Å². The molecule has 0 amide bonds. The van der Waals surface area contributed by atoms with Crippen LogP contribution < -0.4 is 24.8 Å². The quantitative estimate of drug-likeness (QED) is 0.373. The zero-order chi connectivity index (χ0) is 19.6. The predicted molar refractivity (Wildman–Crippen MR) is 125 cm³/mol. The number of guanidine groups is 1. The summed E-state index contributed by atoms with van der Waals surface area (Å²) in [5.41, 5.74) is 0.908. The van der Waals surface area contributed by atoms with E-state index in [-0.39, 0.29) is 41.7 Å². The molecule has 0 radical (unpaired) electrons. The van der Waals surface area contributed by atoms with Crippen LogP contribution in [0.1, 0.15) is 31.9 Å². The molecule has 29 heavy (non-hydrogen) atoms. The summed E-state index contributed by atoms with van der Waals surface area (Å²) >= 11 is 0. The normalized spacial score (nSPS) is 21.8. The number of nitrogens with one attached hydrogen (secondary N) is 2. The minimum atomic E-state index is -0.241. The smallest absolute Gasteiger partial charge is 0.191 e. The van der Waals surface area contributed by atoms with Crippen LogP contribution in [0.5, 0.6) is 17.2 Å². The van der Waals surface area contributed by atoms with E-state index in [1.54, 1.807) is 7.05 Å². The van der Waals surface area contributed by atoms with E-state index in [2.05, 4.69) is 35.5 Å². The van der Waals surface area contributed by atoms with Gasteiger partial charge in [0.2, 0.25) is 0 Å². The number of para-hydroxylation sites is 3. The van der Waals surface area contributed by atoms with Crippen molar-refractivity contribution in [1.29, 1.82) is 0 Å². The van der Waals surface area contributed by atoms with Gasteiger partial charge in [0.05, 0.1) is 12.6 Å². The average molecular weight is 509 g/mol. The molecule has 0 aromatic heterocycles. The molecule has 2 aliphatic rings. The number of halogens is 1. The van der Waals surface area contributed by atoms with Crippen molar-refractivity contribution < 1.29 is 14.2 Å². The molecular weight excluding hydrogens is 481 g/mol. The Hall–Kier alpha value is -2.16. The molecule has 0 spiro atoms. The molecule has 0 aliphatic carbocycles. The maximum Gasteiger partial charge on any atom is 0.191 e. The fourth-order valence-electron chi connectivity index (χ4n) is 3.66. The van der Waals surface area contributed by atoms with Gasteiger partial charge in [0, 0.05) is 19.0 Å². The molecule has 2 unspecified atom stereocenters. The van der Waals surface area contributed by atoms with Crippen LogP contribution in [0.25, 0.3) is 0 Å². The fourth-order valence-corrected chi connectivity index (χ4v) is 3.66. The first-order valence-corrected chi connectivity index (χ1v) is 9.68. The third-order valence-electron chi connectivity index (χ3n) is 4.98. The third kappa shape index (κ3) is 5.07. The van der Waals surface area contributed by atoms with Gasteiger partial charge in [0.25, 0.3) is 0 Å². The van der Waals surface area contributed by atoms with E-state index >= 15 is 0 Å². The molecule has 0 saturated carbocycles. The number of aliphatic imine (C=N–C) groups is 1. The molecule has 0 saturated heterocycles. The molecule has 0 fully saturated rings. The van der Waals surface area contributed by atoms with E-state index in [0.717, 1.165) is 35.2 Å². The number of hydrogen-bond donors (Lipinski definition) is 2. The summed E-state index contributed by atoms with van der Waals surface area (Å²) in [7, 11) is 1.78. The first-order valence-electron chi connectivity index (χ1n) is 9.68. The van der Waals surface area contributed by atoms with Gasteiger partial charge in [0.15, 0.2) is 17.5 Å². The SMILES string of the molecule is CN=C(NCC1COc2ccccc2O1)NC1CC(C)(C)Oc2ccccc21.I. The maximum atomic E-state index is 6.12. The lowest BCUT2D eigenvalue weighted by molar-refractivity contribution is 0.0691. The zero-order valence-electron chi connectivity index (χ0n) is 17.0. The highest BCUT2D eigenvalue weighted by Crippen LogP contribution is 2.39. The van der Waals surface area contributed by atoms with E-state index in [1.165, 1.54) is 0 Å². The van der Waals surface area contributed by atoms with Crippen LogP contribution in [0, 0.1) is 0 Å². The second-order valence-electron chi connectivity index (χ2n) is 7.75. The summed E-state index contributed by atoms with van der Waals surface area (Å²) in [6.45, 7) is 5.33. The molecule has 4 rings (SSSR count). The summed E-state index contributed by atoms with van der Waals surface area (Å²) in [5.74, 6) is 3.23. The van der Waals surface area contributed by atoms with E-state index in [0.29, 0.717) is 13.2 Å². The predicted octanol–water partition coefficient (Wildman–Crippen LogP) is 3.91. The van der Waals surface area contributed by atoms with E-state index in [9.17, 15) is 0 Å². The van der Waals surface area contributed by atoms with Crippen molar-refractivity contribution in [2.75, 3.05) is 20.2 Å². The molecule has 2 heterocycles. The Bertz CT molecular complexity index is 872. The van der Waals surface area contributed by atoms with Crippen molar-refractivity contribution in [1.82, 2.24) is 10.6 Å². The van der Waals surface area contributed by atoms with Gasteiger partial charge < -0.3 is 24.8 Å². The minimum Gasteiger partial charge on any atom is -0.487 e. The first-order chi connectivity index (χ1) is 13.5. The van der Waals surface area contributed by atoms with Crippen molar-refractivity contribution in [2.45, 2.75) is 38.0 Å². The Morgan fingerprint density at radius 3 is 2.52 bits per heavy atom. The minimum absolute atomic E-state index is 0. The first kappa shape index (κ1) is 21.5. The third-order valence-corrected chi connectivity index (χ3v) is 4.98. The largest absolute Gasteiger partial charge is 0.487 e. The van der Waals surface area contributed by atoms with Gasteiger partial charge in [-0.3, -0.25) is 4.99 Å². The van der Waals surface area contributed by atoms with Gasteiger partial charge in [0.1, 0.15) is 24.1 Å². The summed E-state index contributed by atoms with van der Waals surface area (Å²) in [4.78, 5) is 4.39. The van der Waals surface area contributed by atoms with Crippen LogP contribution in [-0.2, 0) is 0 Å². The highest BCUT2D eigenvalue weighted by atomic mass is 127. The Morgan fingerprint density at radius 1 is 1.07 bits per heavy atom. The fraction of sp³-hybridized carbons (Fsp3) is 0.409. The molecule has 0 bridgehead atoms. The molecule has 7 heteroatoms. The van der Waals surface area contributed by atoms with Gasteiger partial charge in [-0.25, -0.2) is 0 Å². The molecule has 6 nitrogen and oxygen atoms in total. The lowest BCUT2D eigenvalue weighted by Gasteiger charge is -2.38. The highest BCUT2D eigenvalue weighted by Gasteiger charge is 2.34. The van der Waals surface area contributed by atoms with E-state index in [1.807, 2.05) is 42.5 Å². The second-order valence-corrected chi connectivity index (χ2v) is 7.75. The molecular formula is C22H28IN3O3. The molecule has 2 atom stereocenters. The Morgan fingerprint density at radius 2 is 1.76 bits per heavy atom. The Kier molecular flexibility index (Phi) is 6.77. The number of fused-ring (bicyclic) bond motifs is 2. The van der Waals surface area contributed by atoms with E-state index in [4.69, 9.17) is 14.2 Å². The lowest BCUT2D eigenvalue weighted by atomic mass is 9.90. The number of rotatable bonds is 3. The van der Waals surface area contributed by atoms with Crippen LogP contribution in [-0.4, -0.2) is 37.9 Å². The topological polar surface area (TPSA) is 64.1 Å². The lowest BCUT2D eigenvalue weighted by Crippen LogP contribution is -2.48. The van der Waals surface area contributed by atoms with Crippen molar-refractivity contribution in [3.63, 3.8) is 0 Å². The van der Waals surface area contributed by atoms with Crippen molar-refractivity contribution in [3.05, 3.63) is 54.1 Å². The standard InChI is InChI=1S/C22H27N3O3.HI/c1-22(2)12-17(16-8-4-5-9-18(16)28-22)25-21(23-3)24-13-15-14-26-19-10-6-7-11-20(19)27-15;/h4-11,15,17H,12-14H2,1-3H3,(H2,23,24,25);1H. The summed E-state index contributed by atoms with van der Waals surface area (Å²) in [5, 5.41) is 6.91. The number of ether oxygens (including phenoxy) is 3.